The van der Waals surface area contributed by atoms with E-state index < -0.39 is 0 Å². The molecule has 0 saturated heterocycles. The Morgan fingerprint density at radius 2 is 1.00 bits per heavy atom. The Kier molecular flexibility index (Phi) is 10.9. The van der Waals surface area contributed by atoms with Gasteiger partial charge in [0.05, 0.1) is 0 Å². The molecule has 0 aromatic rings. The highest BCUT2D eigenvalue weighted by atomic mass is 14.6. The Hall–Kier alpha value is -0.0400. The molecular formula is C11H27N. The van der Waals surface area contributed by atoms with E-state index in [9.17, 15) is 0 Å². The van der Waals surface area contributed by atoms with E-state index >= 15 is 0 Å². The van der Waals surface area contributed by atoms with Crippen molar-refractivity contribution in [3.63, 3.8) is 0 Å². The first kappa shape index (κ1) is 14.5. The second-order valence-electron chi connectivity index (χ2n) is 3.46. The van der Waals surface area contributed by atoms with Gasteiger partial charge in [-0.1, -0.05) is 53.4 Å². The molecular weight excluding hydrogens is 146 g/mol. The zero-order valence-electron chi connectivity index (χ0n) is 6.81. The van der Waals surface area contributed by atoms with Crippen molar-refractivity contribution >= 4 is 0 Å². The average Bonchev–Trinajstić information content (AvgIpc) is 2.02. The molecule has 0 aromatic carbocycles. The van der Waals surface area contributed by atoms with Gasteiger partial charge in [0.2, 0.25) is 0 Å². The summed E-state index contributed by atoms with van der Waals surface area (Å²) in [4.78, 5) is 0. The maximum Gasteiger partial charge on any atom is 0.00388 e. The predicted octanol–water partition coefficient (Wildman–Crippen LogP) is 3.72. The van der Waals surface area contributed by atoms with Crippen LogP contribution in [0.25, 0.3) is 0 Å². The molecule has 0 amide bonds. The fourth-order valence-electron chi connectivity index (χ4n) is 1.66. The Bertz CT molecular complexity index is 71.1. The van der Waals surface area contributed by atoms with Gasteiger partial charge in [0.1, 0.15) is 0 Å². The smallest absolute Gasteiger partial charge is 0.00388 e. The summed E-state index contributed by atoms with van der Waals surface area (Å²) in [6.07, 6.45) is 10.9. The van der Waals surface area contributed by atoms with Crippen LogP contribution in [0.2, 0.25) is 0 Å². The molecule has 1 aliphatic carbocycles. The van der Waals surface area contributed by atoms with Crippen molar-refractivity contribution in [2.45, 2.75) is 72.3 Å². The molecule has 0 bridgehead atoms. The number of hydrogen-bond acceptors (Lipinski definition) is 1. The van der Waals surface area contributed by atoms with E-state index in [1.807, 2.05) is 0 Å². The maximum atomic E-state index is 5.87. The van der Waals surface area contributed by atoms with Crippen molar-refractivity contribution in [2.75, 3.05) is 0 Å². The third-order valence-electron chi connectivity index (χ3n) is 2.40. The normalized spacial score (nSPS) is 20.8. The van der Waals surface area contributed by atoms with Gasteiger partial charge in [0, 0.05) is 6.04 Å². The van der Waals surface area contributed by atoms with Crippen molar-refractivity contribution in [3.05, 3.63) is 0 Å². The summed E-state index contributed by atoms with van der Waals surface area (Å²) in [5, 5.41) is 0. The molecule has 0 spiro atoms. The van der Waals surface area contributed by atoms with Crippen LogP contribution in [0.5, 0.6) is 0 Å². The summed E-state index contributed by atoms with van der Waals surface area (Å²) >= 11 is 0. The molecule has 1 heteroatoms. The summed E-state index contributed by atoms with van der Waals surface area (Å²) in [6, 6.07) is 0.512. The SMILES string of the molecule is C.C.NC1CCCCCCCC1. The number of nitrogens with two attached hydrogens (primary N) is 1. The third kappa shape index (κ3) is 6.66. The average molecular weight is 173 g/mol. The first-order chi connectivity index (χ1) is 4.89. The van der Waals surface area contributed by atoms with Crippen molar-refractivity contribution in [1.29, 1.82) is 0 Å². The molecule has 76 valence electrons. The van der Waals surface area contributed by atoms with Crippen LogP contribution in [0, 0.1) is 0 Å². The minimum absolute atomic E-state index is 0. The summed E-state index contributed by atoms with van der Waals surface area (Å²) in [7, 11) is 0. The fraction of sp³-hybridized carbons (Fsp3) is 1.00. The van der Waals surface area contributed by atoms with Gasteiger partial charge in [-0.2, -0.15) is 0 Å². The topological polar surface area (TPSA) is 26.0 Å². The van der Waals surface area contributed by atoms with Gasteiger partial charge in [-0.3, -0.25) is 0 Å². The van der Waals surface area contributed by atoms with E-state index in [2.05, 4.69) is 0 Å². The van der Waals surface area contributed by atoms with Crippen molar-refractivity contribution in [1.82, 2.24) is 0 Å². The first-order valence-electron chi connectivity index (χ1n) is 4.65. The van der Waals surface area contributed by atoms with E-state index in [4.69, 9.17) is 5.73 Å². The molecule has 0 aromatic heterocycles. The van der Waals surface area contributed by atoms with Crippen LogP contribution in [0.1, 0.15) is 66.2 Å². The lowest BCUT2D eigenvalue weighted by Gasteiger charge is -2.07. The third-order valence-corrected chi connectivity index (χ3v) is 2.40. The summed E-state index contributed by atoms with van der Waals surface area (Å²) in [6.45, 7) is 0. The maximum absolute atomic E-state index is 5.87. The van der Waals surface area contributed by atoms with E-state index in [-0.39, 0.29) is 14.9 Å². The van der Waals surface area contributed by atoms with E-state index in [0.717, 1.165) is 0 Å². The predicted molar refractivity (Wildman–Crippen MR) is 58.4 cm³/mol. The summed E-state index contributed by atoms with van der Waals surface area (Å²) in [5.74, 6) is 0. The molecule has 1 aliphatic rings. The van der Waals surface area contributed by atoms with Gasteiger partial charge in [-0.25, -0.2) is 0 Å². The Labute approximate surface area is 78.7 Å². The van der Waals surface area contributed by atoms with E-state index in [1.54, 1.807) is 0 Å². The molecule has 0 heterocycles. The Morgan fingerprint density at radius 3 is 1.42 bits per heavy atom. The van der Waals surface area contributed by atoms with Crippen LogP contribution in [0.15, 0.2) is 0 Å². The molecule has 1 nitrogen and oxygen atoms in total. The quantitative estimate of drug-likeness (QED) is 0.593. The van der Waals surface area contributed by atoms with Crippen LogP contribution < -0.4 is 5.73 Å². The zero-order valence-corrected chi connectivity index (χ0v) is 6.81. The highest BCUT2D eigenvalue weighted by Gasteiger charge is 2.04. The Morgan fingerprint density at radius 1 is 0.667 bits per heavy atom. The number of rotatable bonds is 0. The summed E-state index contributed by atoms with van der Waals surface area (Å²) in [5.41, 5.74) is 5.87. The molecule has 0 unspecified atom stereocenters. The largest absolute Gasteiger partial charge is 0.328 e. The molecule has 1 fully saturated rings. The lowest BCUT2D eigenvalue weighted by atomic mass is 10.1. The summed E-state index contributed by atoms with van der Waals surface area (Å²) < 4.78 is 0. The van der Waals surface area contributed by atoms with Crippen LogP contribution >= 0.6 is 0 Å². The van der Waals surface area contributed by atoms with E-state index in [1.165, 1.54) is 51.4 Å². The van der Waals surface area contributed by atoms with Crippen molar-refractivity contribution in [2.24, 2.45) is 5.73 Å². The van der Waals surface area contributed by atoms with Crippen LogP contribution in [0.3, 0.4) is 0 Å². The van der Waals surface area contributed by atoms with Gasteiger partial charge in [0.15, 0.2) is 0 Å². The minimum atomic E-state index is 0. The van der Waals surface area contributed by atoms with Crippen LogP contribution in [-0.4, -0.2) is 6.04 Å². The first-order valence-corrected chi connectivity index (χ1v) is 4.65. The molecule has 1 rings (SSSR count). The van der Waals surface area contributed by atoms with Gasteiger partial charge >= 0.3 is 0 Å². The van der Waals surface area contributed by atoms with Gasteiger partial charge < -0.3 is 5.73 Å². The minimum Gasteiger partial charge on any atom is -0.328 e. The van der Waals surface area contributed by atoms with Crippen LogP contribution in [-0.2, 0) is 0 Å². The van der Waals surface area contributed by atoms with Gasteiger partial charge in [-0.15, -0.1) is 0 Å². The highest BCUT2D eigenvalue weighted by Crippen LogP contribution is 2.15. The molecule has 2 N–H and O–H groups in total. The molecule has 0 radical (unpaired) electrons. The van der Waals surface area contributed by atoms with E-state index in [0.29, 0.717) is 6.04 Å². The molecule has 0 atom stereocenters. The standard InChI is InChI=1S/C9H19N.2CH4/c10-9-7-5-3-1-2-4-6-8-9;;/h9H,1-8,10H2;2*1H4. The fourth-order valence-corrected chi connectivity index (χ4v) is 1.66. The second-order valence-corrected chi connectivity index (χ2v) is 3.46. The zero-order chi connectivity index (χ0) is 7.23. The highest BCUT2D eigenvalue weighted by molar-refractivity contribution is 4.63. The molecule has 12 heavy (non-hydrogen) atoms. The number of hydrogen-bond donors (Lipinski definition) is 1. The lowest BCUT2D eigenvalue weighted by Crippen LogP contribution is -2.18. The monoisotopic (exact) mass is 173 g/mol. The Balaban J connectivity index is 0. The molecule has 0 aliphatic heterocycles. The van der Waals surface area contributed by atoms with Gasteiger partial charge in [0.25, 0.3) is 0 Å². The lowest BCUT2D eigenvalue weighted by molar-refractivity contribution is 0.534. The van der Waals surface area contributed by atoms with Crippen molar-refractivity contribution in [3.8, 4) is 0 Å². The van der Waals surface area contributed by atoms with Gasteiger partial charge in [-0.05, 0) is 12.8 Å². The van der Waals surface area contributed by atoms with Crippen molar-refractivity contribution < 1.29 is 0 Å². The molecule has 1 saturated carbocycles. The van der Waals surface area contributed by atoms with Crippen LogP contribution in [0.4, 0.5) is 0 Å². The second kappa shape index (κ2) is 9.05.